The summed E-state index contributed by atoms with van der Waals surface area (Å²) < 4.78 is 32.6. The molecule has 126 valence electrons. The number of nitrogens with one attached hydrogen (secondary N) is 1. The van der Waals surface area contributed by atoms with Crippen molar-refractivity contribution < 1.29 is 18.3 Å². The molecule has 1 N–H and O–H groups in total. The van der Waals surface area contributed by atoms with E-state index in [1.54, 1.807) is 19.2 Å². The van der Waals surface area contributed by atoms with E-state index < -0.39 is 23.1 Å². The highest BCUT2D eigenvalue weighted by Crippen LogP contribution is 2.24. The van der Waals surface area contributed by atoms with Crippen LogP contribution in [-0.4, -0.2) is 32.2 Å². The Labute approximate surface area is 139 Å². The van der Waals surface area contributed by atoms with Gasteiger partial charge in [-0.15, -0.1) is 0 Å². The van der Waals surface area contributed by atoms with Crippen molar-refractivity contribution in [2.75, 3.05) is 30.4 Å². The molecule has 1 fully saturated rings. The van der Waals surface area contributed by atoms with E-state index in [4.69, 9.17) is 4.74 Å². The molecule has 1 heterocycles. The molecule has 2 aromatic carbocycles. The molecule has 1 aliphatic rings. The first-order valence-corrected chi connectivity index (χ1v) is 7.71. The predicted octanol–water partition coefficient (Wildman–Crippen LogP) is 3.44. The van der Waals surface area contributed by atoms with E-state index in [0.717, 1.165) is 37.3 Å². The van der Waals surface area contributed by atoms with Crippen LogP contribution in [0.25, 0.3) is 0 Å². The van der Waals surface area contributed by atoms with Gasteiger partial charge >= 0.3 is 0 Å². The van der Waals surface area contributed by atoms with E-state index in [0.29, 0.717) is 5.69 Å². The number of halogens is 2. The summed E-state index contributed by atoms with van der Waals surface area (Å²) in [6.45, 7) is 1.73. The normalized spacial score (nSPS) is 17.1. The van der Waals surface area contributed by atoms with E-state index in [1.807, 2.05) is 12.1 Å². The highest BCUT2D eigenvalue weighted by molar-refractivity contribution is 6.04. The maximum atomic E-state index is 13.6. The molecule has 1 aliphatic heterocycles. The van der Waals surface area contributed by atoms with Gasteiger partial charge in [-0.25, -0.2) is 8.78 Å². The van der Waals surface area contributed by atoms with Gasteiger partial charge < -0.3 is 15.0 Å². The molecule has 0 aromatic heterocycles. The van der Waals surface area contributed by atoms with Crippen LogP contribution in [0.4, 0.5) is 20.2 Å². The number of benzene rings is 2. The molecule has 0 saturated carbocycles. The zero-order valence-corrected chi connectivity index (χ0v) is 13.3. The molecule has 3 rings (SSSR count). The molecule has 0 aliphatic carbocycles. The molecule has 2 aromatic rings. The highest BCUT2D eigenvalue weighted by Gasteiger charge is 2.22. The lowest BCUT2D eigenvalue weighted by Gasteiger charge is -2.18. The Morgan fingerprint density at radius 1 is 1.17 bits per heavy atom. The van der Waals surface area contributed by atoms with Crippen molar-refractivity contribution in [2.24, 2.45) is 0 Å². The Bertz CT molecular complexity index is 714. The summed E-state index contributed by atoms with van der Waals surface area (Å²) >= 11 is 0. The van der Waals surface area contributed by atoms with Crippen LogP contribution in [0.1, 0.15) is 16.8 Å². The van der Waals surface area contributed by atoms with Crippen LogP contribution < -0.4 is 10.2 Å². The molecule has 1 saturated heterocycles. The smallest absolute Gasteiger partial charge is 0.261 e. The van der Waals surface area contributed by atoms with Crippen molar-refractivity contribution in [1.82, 2.24) is 0 Å². The highest BCUT2D eigenvalue weighted by atomic mass is 19.1. The number of ether oxygens (including phenoxy) is 1. The minimum Gasteiger partial charge on any atom is -0.380 e. The van der Waals surface area contributed by atoms with Gasteiger partial charge in [0.15, 0.2) is 0 Å². The lowest BCUT2D eigenvalue weighted by molar-refractivity contribution is 0.101. The molecule has 1 amide bonds. The Hall–Kier alpha value is -2.47. The van der Waals surface area contributed by atoms with E-state index in [-0.39, 0.29) is 6.10 Å². The van der Waals surface area contributed by atoms with Gasteiger partial charge in [0.1, 0.15) is 17.2 Å². The number of methoxy groups -OCH3 is 1. The lowest BCUT2D eigenvalue weighted by Crippen LogP contribution is -2.22. The van der Waals surface area contributed by atoms with Crippen LogP contribution in [0, 0.1) is 11.6 Å². The number of carbonyl (C=O) groups is 1. The summed E-state index contributed by atoms with van der Waals surface area (Å²) in [5.74, 6) is -2.57. The minimum atomic E-state index is -0.883. The number of hydrogen-bond acceptors (Lipinski definition) is 3. The van der Waals surface area contributed by atoms with Crippen LogP contribution in [0.15, 0.2) is 42.5 Å². The number of hydrogen-bond donors (Lipinski definition) is 1. The van der Waals surface area contributed by atoms with Gasteiger partial charge in [-0.1, -0.05) is 6.07 Å². The van der Waals surface area contributed by atoms with Crippen molar-refractivity contribution in [3.63, 3.8) is 0 Å². The molecule has 1 atom stereocenters. The Kier molecular flexibility index (Phi) is 4.76. The van der Waals surface area contributed by atoms with Crippen LogP contribution in [0.2, 0.25) is 0 Å². The van der Waals surface area contributed by atoms with Crippen LogP contribution in [0.3, 0.4) is 0 Å². The van der Waals surface area contributed by atoms with E-state index in [1.165, 1.54) is 6.07 Å². The van der Waals surface area contributed by atoms with Crippen molar-refractivity contribution in [1.29, 1.82) is 0 Å². The Morgan fingerprint density at radius 2 is 1.83 bits per heavy atom. The first kappa shape index (κ1) is 16.4. The van der Waals surface area contributed by atoms with Crippen LogP contribution in [-0.2, 0) is 4.74 Å². The first-order valence-electron chi connectivity index (χ1n) is 7.71. The largest absolute Gasteiger partial charge is 0.380 e. The average molecular weight is 332 g/mol. The van der Waals surface area contributed by atoms with Crippen molar-refractivity contribution in [3.05, 3.63) is 59.7 Å². The van der Waals surface area contributed by atoms with E-state index >= 15 is 0 Å². The fourth-order valence-corrected chi connectivity index (χ4v) is 2.82. The zero-order chi connectivity index (χ0) is 17.1. The molecule has 0 radical (unpaired) electrons. The summed E-state index contributed by atoms with van der Waals surface area (Å²) in [4.78, 5) is 14.3. The Morgan fingerprint density at radius 3 is 2.42 bits per heavy atom. The third-order valence-electron chi connectivity index (χ3n) is 4.16. The number of carbonyl (C=O) groups excluding carboxylic acids is 1. The summed E-state index contributed by atoms with van der Waals surface area (Å²) in [6.07, 6.45) is 1.20. The van der Waals surface area contributed by atoms with Crippen molar-refractivity contribution in [3.8, 4) is 0 Å². The van der Waals surface area contributed by atoms with Crippen LogP contribution >= 0.6 is 0 Å². The minimum absolute atomic E-state index is 0.230. The lowest BCUT2D eigenvalue weighted by atomic mass is 10.1. The number of rotatable bonds is 4. The monoisotopic (exact) mass is 332 g/mol. The summed E-state index contributed by atoms with van der Waals surface area (Å²) in [5.41, 5.74) is 0.919. The Balaban J connectivity index is 1.69. The van der Waals surface area contributed by atoms with Gasteiger partial charge in [-0.2, -0.15) is 0 Å². The number of anilines is 2. The number of nitrogens with zero attached hydrogens (tertiary/aromatic N) is 1. The van der Waals surface area contributed by atoms with Gasteiger partial charge in [0.25, 0.3) is 5.91 Å². The van der Waals surface area contributed by atoms with Gasteiger partial charge in [-0.05, 0) is 42.8 Å². The molecule has 6 heteroatoms. The van der Waals surface area contributed by atoms with Gasteiger partial charge in [0, 0.05) is 31.6 Å². The third-order valence-corrected chi connectivity index (χ3v) is 4.16. The molecule has 4 nitrogen and oxygen atoms in total. The fourth-order valence-electron chi connectivity index (χ4n) is 2.82. The molecular weight excluding hydrogens is 314 g/mol. The third kappa shape index (κ3) is 3.38. The molecule has 1 unspecified atom stereocenters. The molecular formula is C18H18F2N2O2. The molecule has 0 spiro atoms. The van der Waals surface area contributed by atoms with Crippen molar-refractivity contribution >= 4 is 17.3 Å². The molecule has 24 heavy (non-hydrogen) atoms. The summed E-state index contributed by atoms with van der Waals surface area (Å²) in [5, 5.41) is 2.52. The SMILES string of the molecule is COC1CCN(c2ccc(NC(=O)c3c(F)cccc3F)cc2)C1. The quantitative estimate of drug-likeness (QED) is 0.932. The first-order chi connectivity index (χ1) is 11.6. The summed E-state index contributed by atoms with van der Waals surface area (Å²) in [7, 11) is 1.70. The van der Waals surface area contributed by atoms with Gasteiger partial charge in [0.2, 0.25) is 0 Å². The van der Waals surface area contributed by atoms with E-state index in [9.17, 15) is 13.6 Å². The topological polar surface area (TPSA) is 41.6 Å². The average Bonchev–Trinajstić information content (AvgIpc) is 3.04. The maximum absolute atomic E-state index is 13.6. The second-order valence-electron chi connectivity index (χ2n) is 5.69. The second-order valence-corrected chi connectivity index (χ2v) is 5.69. The zero-order valence-electron chi connectivity index (χ0n) is 13.3. The fraction of sp³-hybridized carbons (Fsp3) is 0.278. The summed E-state index contributed by atoms with van der Waals surface area (Å²) in [6, 6.07) is 10.5. The van der Waals surface area contributed by atoms with Crippen LogP contribution in [0.5, 0.6) is 0 Å². The second kappa shape index (κ2) is 6.97. The van der Waals surface area contributed by atoms with Gasteiger partial charge in [0.05, 0.1) is 6.10 Å². The van der Waals surface area contributed by atoms with Gasteiger partial charge in [-0.3, -0.25) is 4.79 Å². The maximum Gasteiger partial charge on any atom is 0.261 e. The van der Waals surface area contributed by atoms with E-state index in [2.05, 4.69) is 10.2 Å². The number of amides is 1. The van der Waals surface area contributed by atoms with Crippen molar-refractivity contribution in [2.45, 2.75) is 12.5 Å². The predicted molar refractivity (Wildman–Crippen MR) is 88.4 cm³/mol. The molecule has 0 bridgehead atoms. The standard InChI is InChI=1S/C18H18F2N2O2/c1-24-14-9-10-22(11-14)13-7-5-12(6-8-13)21-18(23)17-15(19)3-2-4-16(17)20/h2-8,14H,9-11H2,1H3,(H,21,23).